The van der Waals surface area contributed by atoms with E-state index in [1.54, 1.807) is 0 Å². The number of nitrogens with zero attached hydrogens (tertiary/aromatic N) is 1. The minimum absolute atomic E-state index is 0.0846. The maximum atomic E-state index is 10.2. The first kappa shape index (κ1) is 10.7. The Morgan fingerprint density at radius 3 is 2.83 bits per heavy atom. The number of rotatable bonds is 4. The molecule has 0 saturated carbocycles. The van der Waals surface area contributed by atoms with E-state index in [9.17, 15) is 4.79 Å². The van der Waals surface area contributed by atoms with Crippen molar-refractivity contribution in [3.8, 4) is 0 Å². The standard InChI is InChI=1S/C6H13N3O3/c1-3-4-11-8-6(7)9-12-5(2)10/h3-4H2,1-2H3,(H3,7,8,9). The van der Waals surface area contributed by atoms with E-state index in [1.807, 2.05) is 6.92 Å². The molecule has 0 rings (SSSR count). The van der Waals surface area contributed by atoms with Crippen molar-refractivity contribution in [2.24, 2.45) is 10.9 Å². The molecule has 0 aliphatic heterocycles. The summed E-state index contributed by atoms with van der Waals surface area (Å²) in [6.07, 6.45) is 0.855. The summed E-state index contributed by atoms with van der Waals surface area (Å²) >= 11 is 0. The van der Waals surface area contributed by atoms with Gasteiger partial charge in [0.05, 0.1) is 6.61 Å². The largest absolute Gasteiger partial charge is 0.365 e. The number of guanidine groups is 1. The predicted octanol–water partition coefficient (Wildman–Crippen LogP) is -0.290. The van der Waals surface area contributed by atoms with Crippen LogP contribution in [-0.4, -0.2) is 18.5 Å². The van der Waals surface area contributed by atoms with Crippen LogP contribution in [0.3, 0.4) is 0 Å². The van der Waals surface area contributed by atoms with E-state index in [4.69, 9.17) is 10.6 Å². The Morgan fingerprint density at radius 1 is 1.67 bits per heavy atom. The van der Waals surface area contributed by atoms with Crippen LogP contribution in [0.1, 0.15) is 20.3 Å². The molecule has 70 valence electrons. The molecule has 0 aliphatic carbocycles. The second-order valence-electron chi connectivity index (χ2n) is 2.01. The number of nitrogens with one attached hydrogen (secondary N) is 1. The van der Waals surface area contributed by atoms with Gasteiger partial charge in [-0.2, -0.15) is 0 Å². The highest BCUT2D eigenvalue weighted by Gasteiger charge is 1.93. The number of hydrogen-bond acceptors (Lipinski definition) is 4. The van der Waals surface area contributed by atoms with Crippen LogP contribution in [0.4, 0.5) is 0 Å². The highest BCUT2D eigenvalue weighted by Crippen LogP contribution is 1.78. The molecule has 0 aromatic heterocycles. The van der Waals surface area contributed by atoms with Crippen molar-refractivity contribution in [3.63, 3.8) is 0 Å². The van der Waals surface area contributed by atoms with E-state index in [-0.39, 0.29) is 5.96 Å². The van der Waals surface area contributed by atoms with Gasteiger partial charge < -0.3 is 10.6 Å². The molecule has 0 spiro atoms. The Hall–Kier alpha value is -1.30. The van der Waals surface area contributed by atoms with Crippen molar-refractivity contribution in [2.45, 2.75) is 20.3 Å². The van der Waals surface area contributed by atoms with Crippen LogP contribution in [0.2, 0.25) is 0 Å². The normalized spacial score (nSPS) is 11.0. The molecule has 0 aromatic rings. The molecule has 0 unspecified atom stereocenters. The Morgan fingerprint density at radius 2 is 2.33 bits per heavy atom. The van der Waals surface area contributed by atoms with Crippen LogP contribution < -0.4 is 11.2 Å². The SMILES string of the molecule is CCCONC(N)=NOC(C)=O. The average Bonchev–Trinajstić information content (AvgIpc) is 2.01. The highest BCUT2D eigenvalue weighted by atomic mass is 16.7. The maximum absolute atomic E-state index is 10.2. The lowest BCUT2D eigenvalue weighted by Crippen LogP contribution is -2.32. The molecule has 0 aromatic carbocycles. The van der Waals surface area contributed by atoms with Gasteiger partial charge in [-0.25, -0.2) is 10.3 Å². The maximum Gasteiger partial charge on any atom is 0.332 e. The topological polar surface area (TPSA) is 85.9 Å². The summed E-state index contributed by atoms with van der Waals surface area (Å²) in [5.74, 6) is -0.617. The summed E-state index contributed by atoms with van der Waals surface area (Å²) in [5, 5.41) is 3.20. The molecule has 0 saturated heterocycles. The van der Waals surface area contributed by atoms with Crippen molar-refractivity contribution in [3.05, 3.63) is 0 Å². The highest BCUT2D eigenvalue weighted by molar-refractivity contribution is 5.77. The summed E-state index contributed by atoms with van der Waals surface area (Å²) in [5.41, 5.74) is 7.49. The molecule has 0 amide bonds. The average molecular weight is 175 g/mol. The Balaban J connectivity index is 3.49. The Bertz CT molecular complexity index is 169. The molecule has 0 radical (unpaired) electrons. The smallest absolute Gasteiger partial charge is 0.332 e. The van der Waals surface area contributed by atoms with E-state index in [1.165, 1.54) is 6.92 Å². The molecule has 0 fully saturated rings. The van der Waals surface area contributed by atoms with Crippen LogP contribution in [0.25, 0.3) is 0 Å². The van der Waals surface area contributed by atoms with Gasteiger partial charge in [-0.15, -0.1) is 0 Å². The summed E-state index contributed by atoms with van der Waals surface area (Å²) < 4.78 is 0. The van der Waals surface area contributed by atoms with E-state index < -0.39 is 5.97 Å². The first-order chi connectivity index (χ1) is 5.66. The van der Waals surface area contributed by atoms with E-state index >= 15 is 0 Å². The van der Waals surface area contributed by atoms with Crippen LogP contribution >= 0.6 is 0 Å². The lowest BCUT2D eigenvalue weighted by molar-refractivity contribution is -0.141. The van der Waals surface area contributed by atoms with Crippen molar-refractivity contribution >= 4 is 11.9 Å². The molecule has 3 N–H and O–H groups in total. The van der Waals surface area contributed by atoms with Gasteiger partial charge in [0.25, 0.3) is 5.96 Å². The Kier molecular flexibility index (Phi) is 5.72. The summed E-state index contributed by atoms with van der Waals surface area (Å²) in [4.78, 5) is 19.2. The summed E-state index contributed by atoms with van der Waals surface area (Å²) in [6.45, 7) is 3.68. The quantitative estimate of drug-likeness (QED) is 0.201. The minimum Gasteiger partial charge on any atom is -0.365 e. The van der Waals surface area contributed by atoms with E-state index in [2.05, 4.69) is 15.5 Å². The van der Waals surface area contributed by atoms with E-state index in [0.29, 0.717) is 6.61 Å². The molecule has 0 aliphatic rings. The van der Waals surface area contributed by atoms with Gasteiger partial charge in [0.2, 0.25) is 0 Å². The molecular formula is C6H13N3O3. The lowest BCUT2D eigenvalue weighted by Gasteiger charge is -2.02. The van der Waals surface area contributed by atoms with Gasteiger partial charge in [0.1, 0.15) is 0 Å². The number of hydrogen-bond donors (Lipinski definition) is 2. The van der Waals surface area contributed by atoms with Crippen LogP contribution in [0.15, 0.2) is 5.16 Å². The van der Waals surface area contributed by atoms with Gasteiger partial charge >= 0.3 is 5.97 Å². The van der Waals surface area contributed by atoms with E-state index in [0.717, 1.165) is 6.42 Å². The molecular weight excluding hydrogens is 162 g/mol. The minimum atomic E-state index is -0.532. The van der Waals surface area contributed by atoms with Gasteiger partial charge in [-0.1, -0.05) is 6.92 Å². The Labute approximate surface area is 70.6 Å². The fourth-order valence-corrected chi connectivity index (χ4v) is 0.359. The first-order valence-corrected chi connectivity index (χ1v) is 3.55. The zero-order chi connectivity index (χ0) is 9.40. The third kappa shape index (κ3) is 6.81. The van der Waals surface area contributed by atoms with Crippen molar-refractivity contribution in [1.29, 1.82) is 0 Å². The third-order valence-electron chi connectivity index (χ3n) is 0.755. The van der Waals surface area contributed by atoms with Crippen LogP contribution in [0, 0.1) is 0 Å². The number of carbonyl (C=O) groups is 1. The molecule has 0 atom stereocenters. The van der Waals surface area contributed by atoms with Crippen LogP contribution in [0.5, 0.6) is 0 Å². The van der Waals surface area contributed by atoms with Crippen molar-refractivity contribution in [1.82, 2.24) is 5.48 Å². The van der Waals surface area contributed by atoms with Crippen molar-refractivity contribution < 1.29 is 14.5 Å². The fourth-order valence-electron chi connectivity index (χ4n) is 0.359. The zero-order valence-corrected chi connectivity index (χ0v) is 7.16. The zero-order valence-electron chi connectivity index (χ0n) is 7.16. The van der Waals surface area contributed by atoms with Crippen LogP contribution in [-0.2, 0) is 14.5 Å². The van der Waals surface area contributed by atoms with Gasteiger partial charge in [0.15, 0.2) is 0 Å². The molecule has 6 nitrogen and oxygen atoms in total. The number of carbonyl (C=O) groups excluding carboxylic acids is 1. The predicted molar refractivity (Wildman–Crippen MR) is 42.8 cm³/mol. The summed E-state index contributed by atoms with van der Waals surface area (Å²) in [6, 6.07) is 0. The third-order valence-corrected chi connectivity index (χ3v) is 0.755. The molecule has 12 heavy (non-hydrogen) atoms. The number of hydroxylamine groups is 1. The van der Waals surface area contributed by atoms with Gasteiger partial charge in [-0.3, -0.25) is 4.84 Å². The summed E-state index contributed by atoms with van der Waals surface area (Å²) in [7, 11) is 0. The lowest BCUT2D eigenvalue weighted by atomic mass is 10.5. The number of oxime groups is 1. The second-order valence-corrected chi connectivity index (χ2v) is 2.01. The van der Waals surface area contributed by atoms with Crippen molar-refractivity contribution in [2.75, 3.05) is 6.61 Å². The monoisotopic (exact) mass is 175 g/mol. The molecule has 0 bridgehead atoms. The second kappa shape index (κ2) is 6.41. The number of nitrogens with two attached hydrogens (primary N) is 1. The fraction of sp³-hybridized carbons (Fsp3) is 0.667. The first-order valence-electron chi connectivity index (χ1n) is 3.55. The molecule has 6 heteroatoms. The van der Waals surface area contributed by atoms with Gasteiger partial charge in [-0.05, 0) is 11.6 Å². The van der Waals surface area contributed by atoms with Gasteiger partial charge in [0, 0.05) is 6.92 Å². The molecule has 0 heterocycles.